The van der Waals surface area contributed by atoms with E-state index in [9.17, 15) is 0 Å². The van der Waals surface area contributed by atoms with Gasteiger partial charge in [0.1, 0.15) is 5.75 Å². The Hall–Kier alpha value is -1.53. The number of nitrogens with zero attached hydrogens (tertiary/aromatic N) is 1. The van der Waals surface area contributed by atoms with Crippen molar-refractivity contribution in [3.8, 4) is 5.75 Å². The Kier molecular flexibility index (Phi) is 8.68. The second kappa shape index (κ2) is 11.5. The van der Waals surface area contributed by atoms with Gasteiger partial charge in [0.15, 0.2) is 5.11 Å². The normalized spacial score (nSPS) is 18.7. The number of piperazine rings is 1. The molecule has 1 aromatic carbocycles. The zero-order chi connectivity index (χ0) is 19.6. The van der Waals surface area contributed by atoms with Gasteiger partial charge in [-0.3, -0.25) is 0 Å². The Morgan fingerprint density at radius 2 is 1.86 bits per heavy atom. The topological polar surface area (TPSA) is 41.0 Å². The maximum absolute atomic E-state index is 5.54. The molecular formula is C22H37N4OS+. The molecule has 2 fully saturated rings. The lowest BCUT2D eigenvalue weighted by atomic mass is 9.96. The third kappa shape index (κ3) is 6.82. The highest BCUT2D eigenvalue weighted by molar-refractivity contribution is 7.80. The Bertz CT molecular complexity index is 581. The van der Waals surface area contributed by atoms with Crippen LogP contribution in [0.3, 0.4) is 0 Å². The van der Waals surface area contributed by atoms with Gasteiger partial charge < -0.3 is 25.2 Å². The molecule has 3 N–H and O–H groups in total. The molecular weight excluding hydrogens is 368 g/mol. The predicted octanol–water partition coefficient (Wildman–Crippen LogP) is 1.98. The molecule has 2 aliphatic rings. The number of rotatable bonds is 8. The highest BCUT2D eigenvalue weighted by Gasteiger charge is 2.20. The van der Waals surface area contributed by atoms with Crippen molar-refractivity contribution < 1.29 is 9.64 Å². The minimum absolute atomic E-state index is 0.593. The molecule has 0 aromatic heterocycles. The van der Waals surface area contributed by atoms with Crippen LogP contribution in [0.15, 0.2) is 24.3 Å². The van der Waals surface area contributed by atoms with E-state index in [1.807, 2.05) is 6.92 Å². The maximum atomic E-state index is 5.54. The van der Waals surface area contributed by atoms with Crippen LogP contribution in [0.4, 0.5) is 5.69 Å². The molecule has 6 heteroatoms. The van der Waals surface area contributed by atoms with Gasteiger partial charge >= 0.3 is 0 Å². The molecule has 0 radical (unpaired) electrons. The van der Waals surface area contributed by atoms with Crippen molar-refractivity contribution in [3.05, 3.63) is 24.3 Å². The summed E-state index contributed by atoms with van der Waals surface area (Å²) in [5, 5.41) is 7.74. The first kappa shape index (κ1) is 21.2. The first-order valence-corrected chi connectivity index (χ1v) is 11.5. The van der Waals surface area contributed by atoms with Crippen molar-refractivity contribution in [3.63, 3.8) is 0 Å². The molecule has 156 valence electrons. The number of quaternary nitrogens is 1. The van der Waals surface area contributed by atoms with Gasteiger partial charge in [-0.15, -0.1) is 0 Å². The minimum Gasteiger partial charge on any atom is -0.494 e. The first-order valence-electron chi connectivity index (χ1n) is 11.1. The molecule has 0 atom stereocenters. The van der Waals surface area contributed by atoms with Crippen LogP contribution < -0.4 is 25.2 Å². The fourth-order valence-electron chi connectivity index (χ4n) is 4.27. The quantitative estimate of drug-likeness (QED) is 0.456. The molecule has 1 heterocycles. The number of anilines is 1. The van der Waals surface area contributed by atoms with Gasteiger partial charge in [0.05, 0.1) is 39.3 Å². The van der Waals surface area contributed by atoms with Gasteiger partial charge in [0.2, 0.25) is 0 Å². The van der Waals surface area contributed by atoms with E-state index < -0.39 is 0 Å². The first-order chi connectivity index (χ1) is 13.7. The lowest BCUT2D eigenvalue weighted by Crippen LogP contribution is -3.15. The van der Waals surface area contributed by atoms with E-state index in [1.165, 1.54) is 63.8 Å². The lowest BCUT2D eigenvalue weighted by Gasteiger charge is -2.33. The van der Waals surface area contributed by atoms with Crippen molar-refractivity contribution in [2.24, 2.45) is 0 Å². The second-order valence-electron chi connectivity index (χ2n) is 8.00. The van der Waals surface area contributed by atoms with Crippen LogP contribution in [-0.2, 0) is 0 Å². The van der Waals surface area contributed by atoms with Crippen molar-refractivity contribution in [1.29, 1.82) is 0 Å². The molecule has 28 heavy (non-hydrogen) atoms. The van der Waals surface area contributed by atoms with Crippen LogP contribution in [0, 0.1) is 0 Å². The van der Waals surface area contributed by atoms with E-state index in [-0.39, 0.29) is 0 Å². The van der Waals surface area contributed by atoms with E-state index in [1.54, 1.807) is 4.90 Å². The van der Waals surface area contributed by atoms with Crippen molar-refractivity contribution >= 4 is 23.0 Å². The third-order valence-electron chi connectivity index (χ3n) is 5.92. The molecule has 0 bridgehead atoms. The smallest absolute Gasteiger partial charge is 0.166 e. The summed E-state index contributed by atoms with van der Waals surface area (Å²) >= 11 is 5.46. The molecule has 1 aromatic rings. The molecule has 0 unspecified atom stereocenters. The Labute approximate surface area is 175 Å². The molecule has 5 nitrogen and oxygen atoms in total. The lowest BCUT2D eigenvalue weighted by molar-refractivity contribution is -0.900. The van der Waals surface area contributed by atoms with Gasteiger partial charge in [-0.2, -0.15) is 0 Å². The molecule has 1 aliphatic carbocycles. The van der Waals surface area contributed by atoms with E-state index in [4.69, 9.17) is 17.0 Å². The van der Waals surface area contributed by atoms with Crippen LogP contribution >= 0.6 is 12.2 Å². The number of ether oxygens (including phenoxy) is 1. The molecule has 1 aliphatic heterocycles. The molecule has 0 amide bonds. The molecule has 1 saturated heterocycles. The molecule has 3 rings (SSSR count). The van der Waals surface area contributed by atoms with Crippen LogP contribution in [0.25, 0.3) is 0 Å². The summed E-state index contributed by atoms with van der Waals surface area (Å²) in [5.74, 6) is 0.957. The van der Waals surface area contributed by atoms with Crippen molar-refractivity contribution in [2.75, 3.05) is 50.8 Å². The van der Waals surface area contributed by atoms with E-state index >= 15 is 0 Å². The number of hydrogen-bond acceptors (Lipinski definition) is 3. The van der Waals surface area contributed by atoms with Crippen molar-refractivity contribution in [2.45, 2.75) is 51.5 Å². The van der Waals surface area contributed by atoms with E-state index in [0.29, 0.717) is 6.04 Å². The van der Waals surface area contributed by atoms with Gasteiger partial charge in [-0.1, -0.05) is 19.3 Å². The molecule has 1 saturated carbocycles. The second-order valence-corrected chi connectivity index (χ2v) is 8.41. The van der Waals surface area contributed by atoms with Gasteiger partial charge in [0.25, 0.3) is 0 Å². The Morgan fingerprint density at radius 1 is 1.14 bits per heavy atom. The van der Waals surface area contributed by atoms with Gasteiger partial charge in [-0.05, 0) is 56.2 Å². The summed E-state index contributed by atoms with van der Waals surface area (Å²) in [5.41, 5.74) is 1.31. The summed E-state index contributed by atoms with van der Waals surface area (Å²) in [6, 6.07) is 9.11. The Morgan fingerprint density at radius 3 is 2.54 bits per heavy atom. The summed E-state index contributed by atoms with van der Waals surface area (Å²) in [6.45, 7) is 9.59. The number of benzene rings is 1. The largest absolute Gasteiger partial charge is 0.494 e. The summed E-state index contributed by atoms with van der Waals surface area (Å²) in [6.07, 6.45) is 7.77. The minimum atomic E-state index is 0.593. The fourth-order valence-corrected chi connectivity index (χ4v) is 4.54. The highest BCUT2D eigenvalue weighted by Crippen LogP contribution is 2.19. The zero-order valence-electron chi connectivity index (χ0n) is 17.3. The number of hydrogen-bond donors (Lipinski definition) is 3. The average molecular weight is 406 g/mol. The summed E-state index contributed by atoms with van der Waals surface area (Å²) in [7, 11) is 0. The molecule has 0 spiro atoms. The SMILES string of the molecule is CCOc1ccc(N2CC[NH+](CCCNC(=S)NC3CCCCC3)CC2)cc1. The fraction of sp³-hybridized carbons (Fsp3) is 0.682. The van der Waals surface area contributed by atoms with Crippen LogP contribution in [-0.4, -0.2) is 57.0 Å². The van der Waals surface area contributed by atoms with Gasteiger partial charge in [0, 0.05) is 24.7 Å². The Balaban J connectivity index is 1.27. The summed E-state index contributed by atoms with van der Waals surface area (Å²) < 4.78 is 5.54. The van der Waals surface area contributed by atoms with Crippen LogP contribution in [0.5, 0.6) is 5.75 Å². The number of nitrogens with one attached hydrogen (secondary N) is 3. The predicted molar refractivity (Wildman–Crippen MR) is 121 cm³/mol. The number of thiocarbonyl (C=S) groups is 1. The zero-order valence-corrected chi connectivity index (χ0v) is 18.2. The van der Waals surface area contributed by atoms with Crippen molar-refractivity contribution in [1.82, 2.24) is 10.6 Å². The maximum Gasteiger partial charge on any atom is 0.166 e. The summed E-state index contributed by atoms with van der Waals surface area (Å²) in [4.78, 5) is 4.19. The average Bonchev–Trinajstić information content (AvgIpc) is 2.73. The highest BCUT2D eigenvalue weighted by atomic mass is 32.1. The van der Waals surface area contributed by atoms with E-state index in [2.05, 4.69) is 39.8 Å². The monoisotopic (exact) mass is 405 g/mol. The third-order valence-corrected chi connectivity index (χ3v) is 6.18. The van der Waals surface area contributed by atoms with Gasteiger partial charge in [-0.25, -0.2) is 0 Å². The van der Waals surface area contributed by atoms with E-state index in [0.717, 1.165) is 37.1 Å². The van der Waals surface area contributed by atoms with Crippen LogP contribution in [0.1, 0.15) is 45.4 Å². The standard InChI is InChI=1S/C22H36N4OS/c1-2-27-21-11-9-20(10-12-21)26-17-15-25(16-18-26)14-6-13-23-22(28)24-19-7-4-3-5-8-19/h9-12,19H,2-8,13-18H2,1H3,(H2,23,24,28)/p+1. The van der Waals surface area contributed by atoms with Crippen LogP contribution in [0.2, 0.25) is 0 Å².